The minimum Gasteiger partial charge on any atom is -0.354 e. The minimum atomic E-state index is 0.741. The minimum absolute atomic E-state index is 0.741. The lowest BCUT2D eigenvalue weighted by Crippen LogP contribution is -1.90. The van der Waals surface area contributed by atoms with Gasteiger partial charge in [-0.25, -0.2) is 0 Å². The average molecular weight is 330 g/mol. The third kappa shape index (κ3) is 2.86. The topological polar surface area (TPSA) is 12.0 Å². The highest BCUT2D eigenvalue weighted by Gasteiger charge is 2.00. The summed E-state index contributed by atoms with van der Waals surface area (Å²) in [6, 6.07) is 15.9. The van der Waals surface area contributed by atoms with Crippen molar-refractivity contribution in [1.82, 2.24) is 0 Å². The predicted octanol–water partition coefficient (Wildman–Crippen LogP) is 4.69. The fourth-order valence-corrected chi connectivity index (χ4v) is 2.17. The van der Waals surface area contributed by atoms with E-state index in [1.165, 1.54) is 0 Å². The van der Waals surface area contributed by atoms with Crippen LogP contribution in [0.3, 0.4) is 0 Å². The van der Waals surface area contributed by atoms with Crippen LogP contribution in [0.25, 0.3) is 0 Å². The largest absolute Gasteiger partial charge is 0.354 e. The molecule has 0 amide bonds. The summed E-state index contributed by atoms with van der Waals surface area (Å²) in [4.78, 5) is 0. The first kappa shape index (κ1) is 10.8. The lowest BCUT2D eigenvalue weighted by Gasteiger charge is -2.08. The van der Waals surface area contributed by atoms with Crippen LogP contribution in [0.2, 0.25) is 5.02 Å². The standard InChI is InChI=1S/C12H9ClIN/c13-11-8-9(14)6-7-12(11)15-10-4-2-1-3-5-10/h1-8,15H. The van der Waals surface area contributed by atoms with Crippen LogP contribution >= 0.6 is 34.2 Å². The fraction of sp³-hybridized carbons (Fsp3) is 0. The molecule has 2 aromatic carbocycles. The Bertz CT molecular complexity index is 456. The molecule has 1 N–H and O–H groups in total. The molecule has 0 spiro atoms. The second kappa shape index (κ2) is 4.86. The molecule has 0 heterocycles. The molecule has 0 aliphatic heterocycles. The van der Waals surface area contributed by atoms with E-state index in [-0.39, 0.29) is 0 Å². The molecule has 0 aliphatic rings. The number of benzene rings is 2. The van der Waals surface area contributed by atoms with Gasteiger partial charge in [0, 0.05) is 9.26 Å². The normalized spacial score (nSPS) is 10.0. The molecule has 0 unspecified atom stereocenters. The van der Waals surface area contributed by atoms with Crippen molar-refractivity contribution in [2.75, 3.05) is 5.32 Å². The number of hydrogen-bond acceptors (Lipinski definition) is 1. The molecule has 0 saturated heterocycles. The van der Waals surface area contributed by atoms with Gasteiger partial charge in [-0.3, -0.25) is 0 Å². The Morgan fingerprint density at radius 2 is 1.73 bits per heavy atom. The summed E-state index contributed by atoms with van der Waals surface area (Å²) in [6.45, 7) is 0. The van der Waals surface area contributed by atoms with Crippen LogP contribution in [-0.4, -0.2) is 0 Å². The number of nitrogens with one attached hydrogen (secondary N) is 1. The first-order chi connectivity index (χ1) is 7.25. The van der Waals surface area contributed by atoms with Gasteiger partial charge in [-0.15, -0.1) is 0 Å². The summed E-state index contributed by atoms with van der Waals surface area (Å²) >= 11 is 8.35. The molecule has 0 atom stereocenters. The zero-order valence-electron chi connectivity index (χ0n) is 7.87. The number of para-hydroxylation sites is 1. The molecule has 0 bridgehead atoms. The lowest BCUT2D eigenvalue weighted by molar-refractivity contribution is 1.53. The molecule has 15 heavy (non-hydrogen) atoms. The Hall–Kier alpha value is -0.740. The molecule has 2 aromatic rings. The van der Waals surface area contributed by atoms with Gasteiger partial charge in [-0.2, -0.15) is 0 Å². The van der Waals surface area contributed by atoms with Crippen LogP contribution in [0.5, 0.6) is 0 Å². The highest BCUT2D eigenvalue weighted by molar-refractivity contribution is 14.1. The summed E-state index contributed by atoms with van der Waals surface area (Å²) in [5.41, 5.74) is 1.98. The Kier molecular flexibility index (Phi) is 3.49. The average Bonchev–Trinajstić information content (AvgIpc) is 2.24. The van der Waals surface area contributed by atoms with Gasteiger partial charge in [0.2, 0.25) is 0 Å². The van der Waals surface area contributed by atoms with Gasteiger partial charge in [-0.1, -0.05) is 29.8 Å². The number of hydrogen-bond donors (Lipinski definition) is 1. The van der Waals surface area contributed by atoms with Crippen molar-refractivity contribution < 1.29 is 0 Å². The van der Waals surface area contributed by atoms with Gasteiger partial charge >= 0.3 is 0 Å². The van der Waals surface area contributed by atoms with E-state index in [2.05, 4.69) is 27.9 Å². The monoisotopic (exact) mass is 329 g/mol. The summed E-state index contributed by atoms with van der Waals surface area (Å²) in [7, 11) is 0. The van der Waals surface area contributed by atoms with E-state index in [0.29, 0.717) is 0 Å². The highest BCUT2D eigenvalue weighted by atomic mass is 127. The van der Waals surface area contributed by atoms with Gasteiger partial charge in [0.1, 0.15) is 0 Å². The fourth-order valence-electron chi connectivity index (χ4n) is 1.27. The Labute approximate surface area is 108 Å². The maximum Gasteiger partial charge on any atom is 0.0651 e. The van der Waals surface area contributed by atoms with Crippen molar-refractivity contribution in [3.63, 3.8) is 0 Å². The summed E-state index contributed by atoms with van der Waals surface area (Å²) in [5.74, 6) is 0. The quantitative estimate of drug-likeness (QED) is 0.788. The van der Waals surface area contributed by atoms with Crippen molar-refractivity contribution in [3.8, 4) is 0 Å². The molecule has 1 nitrogen and oxygen atoms in total. The maximum absolute atomic E-state index is 6.11. The third-order valence-corrected chi connectivity index (χ3v) is 2.97. The van der Waals surface area contributed by atoms with E-state index in [1.54, 1.807) is 0 Å². The van der Waals surface area contributed by atoms with Crippen LogP contribution in [0.15, 0.2) is 48.5 Å². The molecule has 0 aromatic heterocycles. The van der Waals surface area contributed by atoms with E-state index in [1.807, 2.05) is 48.5 Å². The van der Waals surface area contributed by atoms with E-state index in [4.69, 9.17) is 11.6 Å². The molecule has 3 heteroatoms. The van der Waals surface area contributed by atoms with Crippen LogP contribution in [0, 0.1) is 3.57 Å². The van der Waals surface area contributed by atoms with Crippen LogP contribution in [0.1, 0.15) is 0 Å². The number of anilines is 2. The van der Waals surface area contributed by atoms with Gasteiger partial charge in [0.25, 0.3) is 0 Å². The molecule has 0 aliphatic carbocycles. The van der Waals surface area contributed by atoms with Gasteiger partial charge < -0.3 is 5.32 Å². The number of rotatable bonds is 2. The van der Waals surface area contributed by atoms with E-state index in [9.17, 15) is 0 Å². The third-order valence-electron chi connectivity index (χ3n) is 1.98. The summed E-state index contributed by atoms with van der Waals surface area (Å²) in [5, 5.41) is 4.01. The SMILES string of the molecule is Clc1cc(I)ccc1Nc1ccccc1. The molecular formula is C12H9ClIN. The molecule has 2 rings (SSSR count). The Morgan fingerprint density at radius 3 is 2.40 bits per heavy atom. The smallest absolute Gasteiger partial charge is 0.0651 e. The van der Waals surface area contributed by atoms with Gasteiger partial charge in [-0.05, 0) is 52.9 Å². The first-order valence-corrected chi connectivity index (χ1v) is 5.98. The van der Waals surface area contributed by atoms with Gasteiger partial charge in [0.15, 0.2) is 0 Å². The molecular weight excluding hydrogens is 320 g/mol. The lowest BCUT2D eigenvalue weighted by atomic mass is 10.3. The zero-order chi connectivity index (χ0) is 10.7. The number of halogens is 2. The van der Waals surface area contributed by atoms with E-state index < -0.39 is 0 Å². The van der Waals surface area contributed by atoms with Crippen molar-refractivity contribution in [2.45, 2.75) is 0 Å². The Balaban J connectivity index is 2.25. The van der Waals surface area contributed by atoms with Gasteiger partial charge in [0.05, 0.1) is 10.7 Å². The second-order valence-corrected chi connectivity index (χ2v) is 4.77. The van der Waals surface area contributed by atoms with Crippen LogP contribution < -0.4 is 5.32 Å². The van der Waals surface area contributed by atoms with Crippen molar-refractivity contribution in [1.29, 1.82) is 0 Å². The molecule has 0 saturated carbocycles. The van der Waals surface area contributed by atoms with E-state index in [0.717, 1.165) is 20.0 Å². The van der Waals surface area contributed by atoms with Crippen LogP contribution in [-0.2, 0) is 0 Å². The second-order valence-electron chi connectivity index (χ2n) is 3.12. The van der Waals surface area contributed by atoms with Crippen molar-refractivity contribution in [2.24, 2.45) is 0 Å². The van der Waals surface area contributed by atoms with Crippen LogP contribution in [0.4, 0.5) is 11.4 Å². The first-order valence-electron chi connectivity index (χ1n) is 4.53. The predicted molar refractivity (Wildman–Crippen MR) is 73.9 cm³/mol. The van der Waals surface area contributed by atoms with Crippen molar-refractivity contribution >= 4 is 45.6 Å². The van der Waals surface area contributed by atoms with Crippen molar-refractivity contribution in [3.05, 3.63) is 57.1 Å². The summed E-state index contributed by atoms with van der Waals surface area (Å²) < 4.78 is 1.14. The molecule has 0 fully saturated rings. The molecule has 0 radical (unpaired) electrons. The molecule has 76 valence electrons. The van der Waals surface area contributed by atoms with E-state index >= 15 is 0 Å². The summed E-state index contributed by atoms with van der Waals surface area (Å²) in [6.07, 6.45) is 0. The maximum atomic E-state index is 6.11. The Morgan fingerprint density at radius 1 is 1.00 bits per heavy atom. The zero-order valence-corrected chi connectivity index (χ0v) is 10.8. The highest BCUT2D eigenvalue weighted by Crippen LogP contribution is 2.26.